The number of anilines is 1. The fourth-order valence-electron chi connectivity index (χ4n) is 2.76. The average molecular weight is 352 g/mol. The van der Waals surface area contributed by atoms with Gasteiger partial charge in [-0.1, -0.05) is 51.1 Å². The third-order valence-electron chi connectivity index (χ3n) is 4.38. The number of hydrogen-bond acceptors (Lipinski definition) is 2. The zero-order chi connectivity index (χ0) is 19.5. The Morgan fingerprint density at radius 2 is 1.65 bits per heavy atom. The molecule has 0 aromatic heterocycles. The van der Waals surface area contributed by atoms with Crippen LogP contribution in [0, 0.1) is 6.92 Å². The summed E-state index contributed by atoms with van der Waals surface area (Å²) in [5.41, 5.74) is 4.63. The number of benzene rings is 2. The van der Waals surface area contributed by atoms with Gasteiger partial charge in [0.15, 0.2) is 0 Å². The zero-order valence-electron chi connectivity index (χ0n) is 16.5. The van der Waals surface area contributed by atoms with Gasteiger partial charge in [-0.3, -0.25) is 9.59 Å². The number of carbonyl (C=O) groups is 2. The van der Waals surface area contributed by atoms with Crippen LogP contribution in [0.15, 0.2) is 42.5 Å². The summed E-state index contributed by atoms with van der Waals surface area (Å²) in [6.07, 6.45) is 0. The van der Waals surface area contributed by atoms with E-state index in [1.165, 1.54) is 12.5 Å². The molecule has 4 heteroatoms. The Morgan fingerprint density at radius 1 is 1.04 bits per heavy atom. The van der Waals surface area contributed by atoms with E-state index in [9.17, 15) is 9.59 Å². The first-order valence-corrected chi connectivity index (χ1v) is 8.81. The van der Waals surface area contributed by atoms with E-state index in [2.05, 4.69) is 50.4 Å². The van der Waals surface area contributed by atoms with Crippen molar-refractivity contribution in [1.82, 2.24) is 4.90 Å². The summed E-state index contributed by atoms with van der Waals surface area (Å²) < 4.78 is 0. The fraction of sp³-hybridized carbons (Fsp3) is 0.364. The highest BCUT2D eigenvalue weighted by Gasteiger charge is 2.16. The minimum Gasteiger partial charge on any atom is -0.337 e. The van der Waals surface area contributed by atoms with Crippen LogP contribution >= 0.6 is 0 Å². The van der Waals surface area contributed by atoms with Gasteiger partial charge in [0.25, 0.3) is 5.91 Å². The molecule has 0 aliphatic carbocycles. The van der Waals surface area contributed by atoms with Crippen molar-refractivity contribution >= 4 is 17.5 Å². The number of carbonyl (C=O) groups excluding carboxylic acids is 2. The molecule has 0 spiro atoms. The molecule has 4 nitrogen and oxygen atoms in total. The van der Waals surface area contributed by atoms with Crippen LogP contribution in [0.25, 0.3) is 0 Å². The van der Waals surface area contributed by atoms with Crippen LogP contribution in [0.3, 0.4) is 0 Å². The molecule has 0 bridgehead atoms. The van der Waals surface area contributed by atoms with Crippen LogP contribution in [0.1, 0.15) is 54.7 Å². The Labute approximate surface area is 156 Å². The normalized spacial score (nSPS) is 11.2. The van der Waals surface area contributed by atoms with Crippen molar-refractivity contribution in [2.45, 2.75) is 46.6 Å². The lowest BCUT2D eigenvalue weighted by Gasteiger charge is -2.21. The second kappa shape index (κ2) is 7.73. The van der Waals surface area contributed by atoms with Crippen LogP contribution < -0.4 is 5.32 Å². The van der Waals surface area contributed by atoms with Gasteiger partial charge >= 0.3 is 0 Å². The van der Waals surface area contributed by atoms with Crippen molar-refractivity contribution in [3.8, 4) is 0 Å². The largest absolute Gasteiger partial charge is 0.337 e. The lowest BCUT2D eigenvalue weighted by molar-refractivity contribution is -0.114. The van der Waals surface area contributed by atoms with E-state index in [1.807, 2.05) is 13.0 Å². The van der Waals surface area contributed by atoms with Gasteiger partial charge in [0.1, 0.15) is 0 Å². The lowest BCUT2D eigenvalue weighted by atomic mass is 9.87. The summed E-state index contributed by atoms with van der Waals surface area (Å²) in [6.45, 7) is 10.4. The van der Waals surface area contributed by atoms with Gasteiger partial charge in [-0.25, -0.2) is 0 Å². The maximum atomic E-state index is 12.7. The molecular weight excluding hydrogens is 324 g/mol. The molecule has 0 aliphatic rings. The highest BCUT2D eigenvalue weighted by molar-refractivity contribution is 5.97. The maximum absolute atomic E-state index is 12.7. The van der Waals surface area contributed by atoms with Crippen LogP contribution in [-0.4, -0.2) is 23.8 Å². The maximum Gasteiger partial charge on any atom is 0.253 e. The highest BCUT2D eigenvalue weighted by atomic mass is 16.2. The second-order valence-corrected chi connectivity index (χ2v) is 7.82. The number of rotatable bonds is 4. The number of nitrogens with one attached hydrogen (secondary N) is 1. The number of hydrogen-bond donors (Lipinski definition) is 1. The van der Waals surface area contributed by atoms with Gasteiger partial charge in [-0.2, -0.15) is 0 Å². The molecule has 0 saturated carbocycles. The molecule has 0 radical (unpaired) electrons. The third kappa shape index (κ3) is 4.94. The molecule has 0 unspecified atom stereocenters. The van der Waals surface area contributed by atoms with E-state index in [1.54, 1.807) is 24.1 Å². The summed E-state index contributed by atoms with van der Waals surface area (Å²) in [5, 5.41) is 2.77. The van der Waals surface area contributed by atoms with Gasteiger partial charge in [-0.15, -0.1) is 0 Å². The van der Waals surface area contributed by atoms with Crippen molar-refractivity contribution in [3.05, 3.63) is 64.7 Å². The van der Waals surface area contributed by atoms with Crippen LogP contribution in [0.5, 0.6) is 0 Å². The summed E-state index contributed by atoms with van der Waals surface area (Å²) >= 11 is 0. The minimum atomic E-state index is -0.148. The third-order valence-corrected chi connectivity index (χ3v) is 4.38. The van der Waals surface area contributed by atoms with Crippen LogP contribution in [0.2, 0.25) is 0 Å². The predicted molar refractivity (Wildman–Crippen MR) is 106 cm³/mol. The SMILES string of the molecule is CC(=O)Nc1cc(C(=O)N(C)Cc2ccc(C(C)(C)C)cc2)ccc1C. The van der Waals surface area contributed by atoms with Crippen LogP contribution in [-0.2, 0) is 16.8 Å². The Morgan fingerprint density at radius 3 is 2.19 bits per heavy atom. The molecule has 0 saturated heterocycles. The fourth-order valence-corrected chi connectivity index (χ4v) is 2.76. The van der Waals surface area contributed by atoms with Gasteiger partial charge in [0, 0.05) is 31.8 Å². The topological polar surface area (TPSA) is 49.4 Å². The van der Waals surface area contributed by atoms with Crippen molar-refractivity contribution in [2.24, 2.45) is 0 Å². The molecule has 2 aromatic carbocycles. The van der Waals surface area contributed by atoms with E-state index in [4.69, 9.17) is 0 Å². The first kappa shape index (κ1) is 19.7. The van der Waals surface area contributed by atoms with Gasteiger partial charge < -0.3 is 10.2 Å². The first-order chi connectivity index (χ1) is 12.1. The molecule has 1 N–H and O–H groups in total. The Kier molecular flexibility index (Phi) is 5.86. The predicted octanol–water partition coefficient (Wildman–Crippen LogP) is 4.52. The molecule has 2 rings (SSSR count). The van der Waals surface area contributed by atoms with E-state index >= 15 is 0 Å². The molecule has 26 heavy (non-hydrogen) atoms. The summed E-state index contributed by atoms with van der Waals surface area (Å²) in [4.78, 5) is 25.7. The number of aryl methyl sites for hydroxylation is 1. The van der Waals surface area contributed by atoms with E-state index in [0.717, 1.165) is 11.1 Å². The number of amides is 2. The number of nitrogens with zero attached hydrogens (tertiary/aromatic N) is 1. The van der Waals surface area contributed by atoms with Crippen molar-refractivity contribution < 1.29 is 9.59 Å². The summed E-state index contributed by atoms with van der Waals surface area (Å²) in [7, 11) is 1.79. The molecule has 0 atom stereocenters. The summed E-state index contributed by atoms with van der Waals surface area (Å²) in [6, 6.07) is 13.8. The molecular formula is C22H28N2O2. The lowest BCUT2D eigenvalue weighted by Crippen LogP contribution is -2.26. The highest BCUT2D eigenvalue weighted by Crippen LogP contribution is 2.23. The van der Waals surface area contributed by atoms with Crippen molar-refractivity contribution in [2.75, 3.05) is 12.4 Å². The first-order valence-electron chi connectivity index (χ1n) is 8.81. The monoisotopic (exact) mass is 352 g/mol. The Balaban J connectivity index is 2.13. The zero-order valence-corrected chi connectivity index (χ0v) is 16.5. The molecule has 0 fully saturated rings. The van der Waals surface area contributed by atoms with Gasteiger partial charge in [-0.05, 0) is 41.2 Å². The quantitative estimate of drug-likeness (QED) is 0.879. The average Bonchev–Trinajstić information content (AvgIpc) is 2.55. The standard InChI is InChI=1S/C22H28N2O2/c1-15-7-10-18(13-20(15)23-16(2)25)21(26)24(6)14-17-8-11-19(12-9-17)22(3,4)5/h7-13H,14H2,1-6H3,(H,23,25). The van der Waals surface area contributed by atoms with E-state index in [0.29, 0.717) is 17.8 Å². The van der Waals surface area contributed by atoms with E-state index < -0.39 is 0 Å². The Hall–Kier alpha value is -2.62. The summed E-state index contributed by atoms with van der Waals surface area (Å²) in [5.74, 6) is -0.221. The molecule has 138 valence electrons. The van der Waals surface area contributed by atoms with E-state index in [-0.39, 0.29) is 17.2 Å². The Bertz CT molecular complexity index is 802. The molecule has 2 amide bonds. The second-order valence-electron chi connectivity index (χ2n) is 7.82. The van der Waals surface area contributed by atoms with Crippen LogP contribution in [0.4, 0.5) is 5.69 Å². The molecule has 2 aromatic rings. The molecule has 0 heterocycles. The van der Waals surface area contributed by atoms with Gasteiger partial charge in [0.2, 0.25) is 5.91 Å². The van der Waals surface area contributed by atoms with Crippen molar-refractivity contribution in [1.29, 1.82) is 0 Å². The van der Waals surface area contributed by atoms with Crippen molar-refractivity contribution in [3.63, 3.8) is 0 Å². The molecule has 0 aliphatic heterocycles. The minimum absolute atomic E-state index is 0.0727. The smallest absolute Gasteiger partial charge is 0.253 e. The van der Waals surface area contributed by atoms with Gasteiger partial charge in [0.05, 0.1) is 0 Å².